The second-order valence-electron chi connectivity index (χ2n) is 8.87. The van der Waals surface area contributed by atoms with Crippen LogP contribution in [0.1, 0.15) is 25.3 Å². The van der Waals surface area contributed by atoms with Crippen LogP contribution in [0.3, 0.4) is 0 Å². The average molecular weight is 516 g/mol. The Morgan fingerprint density at radius 2 is 1.69 bits per heavy atom. The van der Waals surface area contributed by atoms with Crippen molar-refractivity contribution in [2.24, 2.45) is 0 Å². The molecule has 36 heavy (non-hydrogen) atoms. The number of benzene rings is 3. The largest absolute Gasteiger partial charge is 0.351 e. The Morgan fingerprint density at radius 3 is 2.39 bits per heavy atom. The van der Waals surface area contributed by atoms with Gasteiger partial charge in [-0.05, 0) is 42.0 Å². The highest BCUT2D eigenvalue weighted by molar-refractivity contribution is 7.89. The van der Waals surface area contributed by atoms with E-state index in [0.29, 0.717) is 23.8 Å². The van der Waals surface area contributed by atoms with Crippen LogP contribution in [0.25, 0.3) is 10.8 Å². The first kappa shape index (κ1) is 25.7. The van der Waals surface area contributed by atoms with Crippen LogP contribution in [0.4, 0.5) is 8.78 Å². The summed E-state index contributed by atoms with van der Waals surface area (Å²) in [5.41, 5.74) is 0.360. The molecule has 0 aliphatic carbocycles. The minimum Gasteiger partial charge on any atom is -0.351 e. The molecule has 0 aromatic heterocycles. The lowest BCUT2D eigenvalue weighted by Gasteiger charge is -2.32. The molecule has 0 spiro atoms. The third kappa shape index (κ3) is 5.71. The van der Waals surface area contributed by atoms with E-state index >= 15 is 0 Å². The minimum absolute atomic E-state index is 0.0169. The van der Waals surface area contributed by atoms with Crippen LogP contribution in [0.15, 0.2) is 65.6 Å². The maximum absolute atomic E-state index is 13.6. The van der Waals surface area contributed by atoms with Gasteiger partial charge in [-0.3, -0.25) is 9.59 Å². The first-order chi connectivity index (χ1) is 17.1. The number of hydrogen-bond donors (Lipinski definition) is 2. The summed E-state index contributed by atoms with van der Waals surface area (Å²) < 4.78 is 55.0. The summed E-state index contributed by atoms with van der Waals surface area (Å²) in [5, 5.41) is 6.92. The number of nitrogens with one attached hydrogen (secondary N) is 2. The van der Waals surface area contributed by atoms with Gasteiger partial charge in [0.15, 0.2) is 11.6 Å². The monoisotopic (exact) mass is 515 g/mol. The number of halogens is 2. The zero-order chi connectivity index (χ0) is 25.9. The molecule has 1 aliphatic rings. The predicted octanol–water partition coefficient (Wildman–Crippen LogP) is 3.13. The highest BCUT2D eigenvalue weighted by Gasteiger charge is 2.32. The molecule has 190 valence electrons. The van der Waals surface area contributed by atoms with Crippen molar-refractivity contribution in [1.29, 1.82) is 0 Å². The van der Waals surface area contributed by atoms with E-state index in [1.54, 1.807) is 24.3 Å². The molecule has 10 heteroatoms. The second-order valence-corrected chi connectivity index (χ2v) is 10.8. The summed E-state index contributed by atoms with van der Waals surface area (Å²) in [6.07, 6.45) is 0.776. The van der Waals surface area contributed by atoms with Gasteiger partial charge < -0.3 is 10.6 Å². The molecule has 0 unspecified atom stereocenters. The topological polar surface area (TPSA) is 95.6 Å². The summed E-state index contributed by atoms with van der Waals surface area (Å²) in [6, 6.07) is 14.5. The summed E-state index contributed by atoms with van der Waals surface area (Å²) >= 11 is 0. The van der Waals surface area contributed by atoms with Crippen molar-refractivity contribution in [3.63, 3.8) is 0 Å². The molecule has 1 atom stereocenters. The van der Waals surface area contributed by atoms with Gasteiger partial charge in [0.2, 0.25) is 21.8 Å². The van der Waals surface area contributed by atoms with Gasteiger partial charge in [0.1, 0.15) is 6.04 Å². The van der Waals surface area contributed by atoms with Crippen molar-refractivity contribution >= 4 is 32.6 Å². The Bertz CT molecular complexity index is 1380. The number of carbonyl (C=O) groups excluding carboxylic acids is 2. The number of nitrogens with zero attached hydrogens (tertiary/aromatic N) is 1. The number of sulfonamides is 1. The maximum Gasteiger partial charge on any atom is 0.243 e. The molecule has 0 radical (unpaired) electrons. The predicted molar refractivity (Wildman–Crippen MR) is 132 cm³/mol. The number of amides is 2. The highest BCUT2D eigenvalue weighted by atomic mass is 32.2. The second kappa shape index (κ2) is 10.7. The number of hydrogen-bond acceptors (Lipinski definition) is 4. The van der Waals surface area contributed by atoms with Crippen molar-refractivity contribution in [2.45, 2.75) is 43.2 Å². The summed E-state index contributed by atoms with van der Waals surface area (Å²) in [6.45, 7) is 1.72. The lowest BCUT2D eigenvalue weighted by Crippen LogP contribution is -2.53. The average Bonchev–Trinajstić information content (AvgIpc) is 2.85. The quantitative estimate of drug-likeness (QED) is 0.506. The van der Waals surface area contributed by atoms with Crippen LogP contribution < -0.4 is 10.6 Å². The first-order valence-corrected chi connectivity index (χ1v) is 13.1. The third-order valence-corrected chi connectivity index (χ3v) is 8.24. The molecule has 1 fully saturated rings. The SMILES string of the molecule is CC(=O)N[C@H](Cc1ccc(F)c(F)c1)C(=O)NC1CCN(S(=O)(=O)c2cccc3ccccc23)CC1. The summed E-state index contributed by atoms with van der Waals surface area (Å²) in [4.78, 5) is 24.8. The normalized spacial score (nSPS) is 16.0. The van der Waals surface area contributed by atoms with Crippen molar-refractivity contribution in [1.82, 2.24) is 14.9 Å². The summed E-state index contributed by atoms with van der Waals surface area (Å²) in [7, 11) is -3.72. The van der Waals surface area contributed by atoms with E-state index in [-0.39, 0.29) is 30.4 Å². The van der Waals surface area contributed by atoms with Gasteiger partial charge >= 0.3 is 0 Å². The standard InChI is InChI=1S/C26H27F2N3O4S/c1-17(32)29-24(16-18-9-10-22(27)23(28)15-18)26(33)30-20-11-13-31(14-12-20)36(34,35)25-8-4-6-19-5-2-3-7-21(19)25/h2-10,15,20,24H,11-14,16H2,1H3,(H,29,32)(H,30,33)/t24-/m1/s1. The number of rotatable bonds is 7. The Morgan fingerprint density at radius 1 is 1.00 bits per heavy atom. The Kier molecular flexibility index (Phi) is 7.65. The van der Waals surface area contributed by atoms with Crippen molar-refractivity contribution in [2.75, 3.05) is 13.1 Å². The minimum atomic E-state index is -3.72. The van der Waals surface area contributed by atoms with E-state index in [2.05, 4.69) is 10.6 Å². The smallest absolute Gasteiger partial charge is 0.243 e. The molecule has 3 aromatic carbocycles. The Balaban J connectivity index is 1.41. The Hall–Kier alpha value is -3.37. The Labute approximate surface area is 208 Å². The zero-order valence-corrected chi connectivity index (χ0v) is 20.5. The van der Waals surface area contributed by atoms with Crippen LogP contribution in [0, 0.1) is 11.6 Å². The summed E-state index contributed by atoms with van der Waals surface area (Å²) in [5.74, 6) is -2.93. The molecule has 0 bridgehead atoms. The van der Waals surface area contributed by atoms with Gasteiger partial charge in [-0.1, -0.05) is 42.5 Å². The molecule has 2 N–H and O–H groups in total. The molecule has 1 heterocycles. The van der Waals surface area contributed by atoms with E-state index in [0.717, 1.165) is 17.5 Å². The fourth-order valence-electron chi connectivity index (χ4n) is 4.46. The van der Waals surface area contributed by atoms with Gasteiger partial charge in [0, 0.05) is 37.9 Å². The lowest BCUT2D eigenvalue weighted by molar-refractivity contribution is -0.128. The van der Waals surface area contributed by atoms with E-state index in [4.69, 9.17) is 0 Å². The molecule has 1 saturated heterocycles. The number of fused-ring (bicyclic) bond motifs is 1. The van der Waals surface area contributed by atoms with Gasteiger partial charge in [-0.15, -0.1) is 0 Å². The van der Waals surface area contributed by atoms with E-state index in [1.807, 2.05) is 18.2 Å². The number of piperidine rings is 1. The van der Waals surface area contributed by atoms with Crippen molar-refractivity contribution < 1.29 is 26.8 Å². The number of carbonyl (C=O) groups is 2. The van der Waals surface area contributed by atoms with Crippen LogP contribution >= 0.6 is 0 Å². The molecule has 0 saturated carbocycles. The van der Waals surface area contributed by atoms with E-state index in [9.17, 15) is 26.8 Å². The van der Waals surface area contributed by atoms with Crippen molar-refractivity contribution in [3.05, 3.63) is 77.9 Å². The van der Waals surface area contributed by atoms with Crippen LogP contribution in [-0.2, 0) is 26.0 Å². The molecule has 4 rings (SSSR count). The van der Waals surface area contributed by atoms with Crippen molar-refractivity contribution in [3.8, 4) is 0 Å². The van der Waals surface area contributed by atoms with Crippen LogP contribution in [0.5, 0.6) is 0 Å². The molecule has 1 aliphatic heterocycles. The zero-order valence-electron chi connectivity index (χ0n) is 19.7. The third-order valence-electron chi connectivity index (χ3n) is 6.29. The van der Waals surface area contributed by atoms with Gasteiger partial charge in [-0.25, -0.2) is 17.2 Å². The molecular weight excluding hydrogens is 488 g/mol. The van der Waals surface area contributed by atoms with Gasteiger partial charge in [-0.2, -0.15) is 4.31 Å². The van der Waals surface area contributed by atoms with Gasteiger partial charge in [0.25, 0.3) is 0 Å². The fraction of sp³-hybridized carbons (Fsp3) is 0.308. The van der Waals surface area contributed by atoms with E-state index in [1.165, 1.54) is 17.3 Å². The highest BCUT2D eigenvalue weighted by Crippen LogP contribution is 2.27. The fourth-order valence-corrected chi connectivity index (χ4v) is 6.14. The molecule has 2 amide bonds. The van der Waals surface area contributed by atoms with Gasteiger partial charge in [0.05, 0.1) is 4.90 Å². The van der Waals surface area contributed by atoms with E-state index < -0.39 is 39.5 Å². The first-order valence-electron chi connectivity index (χ1n) is 11.6. The van der Waals surface area contributed by atoms with Crippen LogP contribution in [-0.4, -0.2) is 49.7 Å². The lowest BCUT2D eigenvalue weighted by atomic mass is 10.0. The van der Waals surface area contributed by atoms with Crippen LogP contribution in [0.2, 0.25) is 0 Å². The molecule has 3 aromatic rings. The molecular formula is C26H27F2N3O4S. The maximum atomic E-state index is 13.6. The molecule has 7 nitrogen and oxygen atoms in total.